The van der Waals surface area contributed by atoms with E-state index in [0.29, 0.717) is 0 Å². The van der Waals surface area contributed by atoms with Gasteiger partial charge in [0.2, 0.25) is 0 Å². The Balaban J connectivity index is 1.81. The van der Waals surface area contributed by atoms with Crippen molar-refractivity contribution in [2.45, 2.75) is 12.5 Å². The van der Waals surface area contributed by atoms with Gasteiger partial charge < -0.3 is 14.5 Å². The summed E-state index contributed by atoms with van der Waals surface area (Å²) in [5, 5.41) is 3.33. The van der Waals surface area contributed by atoms with Crippen LogP contribution in [0.4, 0.5) is 0 Å². The van der Waals surface area contributed by atoms with E-state index in [9.17, 15) is 0 Å². The molecular weight excluding hydrogens is 252 g/mol. The minimum absolute atomic E-state index is 0.0481. The quantitative estimate of drug-likeness (QED) is 0.910. The molecule has 0 saturated heterocycles. The van der Waals surface area contributed by atoms with Crippen LogP contribution >= 0.6 is 0 Å². The van der Waals surface area contributed by atoms with Crippen LogP contribution in [-0.2, 0) is 11.2 Å². The molecule has 0 spiro atoms. The number of ether oxygens (including phenoxy) is 1. The van der Waals surface area contributed by atoms with Crippen LogP contribution in [0.25, 0.3) is 11.1 Å². The van der Waals surface area contributed by atoms with Gasteiger partial charge in [0.25, 0.3) is 0 Å². The first kappa shape index (κ1) is 11.7. The normalized spacial score (nSPS) is 21.2. The molecule has 4 heteroatoms. The monoisotopic (exact) mass is 268 g/mol. The van der Waals surface area contributed by atoms with Crippen molar-refractivity contribution in [2.75, 3.05) is 19.7 Å². The zero-order valence-corrected chi connectivity index (χ0v) is 11.1. The first-order valence-electron chi connectivity index (χ1n) is 6.97. The second-order valence-corrected chi connectivity index (χ2v) is 5.08. The predicted octanol–water partition coefficient (Wildman–Crippen LogP) is 2.56. The van der Waals surface area contributed by atoms with Crippen molar-refractivity contribution in [1.82, 2.24) is 5.32 Å². The first-order chi connectivity index (χ1) is 9.93. The van der Waals surface area contributed by atoms with Gasteiger partial charge in [-0.2, -0.15) is 0 Å². The molecule has 1 aromatic heterocycles. The largest absolute Gasteiger partial charge is 0.472 e. The van der Waals surface area contributed by atoms with Gasteiger partial charge in [-0.25, -0.2) is 0 Å². The van der Waals surface area contributed by atoms with Crippen LogP contribution in [0.15, 0.2) is 46.2 Å². The lowest BCUT2D eigenvalue weighted by molar-refractivity contribution is 0.0862. The summed E-state index contributed by atoms with van der Waals surface area (Å²) < 4.78 is 11.2. The molecule has 102 valence electrons. The molecule has 2 aliphatic rings. The molecule has 0 fully saturated rings. The van der Waals surface area contributed by atoms with Gasteiger partial charge in [-0.3, -0.25) is 4.99 Å². The molecule has 0 saturated carbocycles. The molecule has 0 aliphatic carbocycles. The fraction of sp³-hybridized carbons (Fsp3) is 0.312. The Bertz CT molecular complexity index is 647. The van der Waals surface area contributed by atoms with E-state index < -0.39 is 0 Å². The van der Waals surface area contributed by atoms with Crippen LogP contribution < -0.4 is 5.32 Å². The second-order valence-electron chi connectivity index (χ2n) is 5.08. The molecule has 4 nitrogen and oxygen atoms in total. The first-order valence-corrected chi connectivity index (χ1v) is 6.97. The van der Waals surface area contributed by atoms with Crippen LogP contribution in [0, 0.1) is 0 Å². The van der Waals surface area contributed by atoms with Crippen LogP contribution in [-0.4, -0.2) is 25.5 Å². The van der Waals surface area contributed by atoms with E-state index in [1.54, 1.807) is 12.5 Å². The summed E-state index contributed by atoms with van der Waals surface area (Å²) in [5.41, 5.74) is 4.94. The number of benzene rings is 1. The van der Waals surface area contributed by atoms with Crippen LogP contribution in [0.2, 0.25) is 0 Å². The molecule has 1 aromatic carbocycles. The van der Waals surface area contributed by atoms with Gasteiger partial charge >= 0.3 is 0 Å². The Morgan fingerprint density at radius 3 is 3.05 bits per heavy atom. The highest BCUT2D eigenvalue weighted by molar-refractivity contribution is 5.90. The van der Waals surface area contributed by atoms with Gasteiger partial charge in [-0.1, -0.05) is 18.2 Å². The number of hydrogen-bond donors (Lipinski definition) is 1. The van der Waals surface area contributed by atoms with Gasteiger partial charge in [0.1, 0.15) is 11.9 Å². The number of hydrogen-bond acceptors (Lipinski definition) is 4. The Kier molecular flexibility index (Phi) is 2.81. The number of nitrogens with one attached hydrogen (secondary N) is 1. The van der Waals surface area contributed by atoms with E-state index in [0.717, 1.165) is 37.5 Å². The SMILES string of the molecule is c1cc(-c2ccoc2)c2c(c1)C(C1=NCCN1)OCC2. The highest BCUT2D eigenvalue weighted by atomic mass is 16.5. The maximum absolute atomic E-state index is 5.94. The second kappa shape index (κ2) is 4.80. The van der Waals surface area contributed by atoms with Crippen molar-refractivity contribution < 1.29 is 9.15 Å². The van der Waals surface area contributed by atoms with Crippen molar-refractivity contribution in [3.63, 3.8) is 0 Å². The maximum Gasteiger partial charge on any atom is 0.140 e. The molecule has 0 amide bonds. The average Bonchev–Trinajstić information content (AvgIpc) is 3.19. The smallest absolute Gasteiger partial charge is 0.140 e. The van der Waals surface area contributed by atoms with Gasteiger partial charge in [0.05, 0.1) is 25.7 Å². The third-order valence-corrected chi connectivity index (χ3v) is 3.91. The highest BCUT2D eigenvalue weighted by Crippen LogP contribution is 2.35. The summed E-state index contributed by atoms with van der Waals surface area (Å²) in [4.78, 5) is 4.51. The number of fused-ring (bicyclic) bond motifs is 1. The summed E-state index contributed by atoms with van der Waals surface area (Å²) in [6, 6.07) is 8.38. The lowest BCUT2D eigenvalue weighted by Crippen LogP contribution is -2.31. The highest BCUT2D eigenvalue weighted by Gasteiger charge is 2.28. The fourth-order valence-corrected chi connectivity index (χ4v) is 3.00. The minimum atomic E-state index is -0.0481. The standard InChI is InChI=1S/C16H16N2O2/c1-2-12(11-4-8-19-10-11)13-5-9-20-15(14(13)3-1)16-17-6-7-18-16/h1-4,8,10,15H,5-7,9H2,(H,17,18). The minimum Gasteiger partial charge on any atom is -0.472 e. The molecular formula is C16H16N2O2. The Morgan fingerprint density at radius 1 is 1.25 bits per heavy atom. The number of amidine groups is 1. The van der Waals surface area contributed by atoms with E-state index in [1.165, 1.54) is 16.7 Å². The van der Waals surface area contributed by atoms with E-state index >= 15 is 0 Å². The van der Waals surface area contributed by atoms with Gasteiger partial charge in [-0.05, 0) is 29.2 Å². The van der Waals surface area contributed by atoms with E-state index in [4.69, 9.17) is 9.15 Å². The van der Waals surface area contributed by atoms with Crippen molar-refractivity contribution in [3.8, 4) is 11.1 Å². The summed E-state index contributed by atoms with van der Waals surface area (Å²) in [6.07, 6.45) is 4.40. The Morgan fingerprint density at radius 2 is 2.25 bits per heavy atom. The summed E-state index contributed by atoms with van der Waals surface area (Å²) in [7, 11) is 0. The van der Waals surface area contributed by atoms with Gasteiger partial charge in [0, 0.05) is 12.1 Å². The van der Waals surface area contributed by atoms with E-state index in [2.05, 4.69) is 28.5 Å². The predicted molar refractivity (Wildman–Crippen MR) is 76.8 cm³/mol. The molecule has 2 aliphatic heterocycles. The maximum atomic E-state index is 5.94. The van der Waals surface area contributed by atoms with E-state index in [-0.39, 0.29) is 6.10 Å². The van der Waals surface area contributed by atoms with Crippen LogP contribution in [0.5, 0.6) is 0 Å². The third-order valence-electron chi connectivity index (χ3n) is 3.91. The van der Waals surface area contributed by atoms with Crippen LogP contribution in [0.1, 0.15) is 17.2 Å². The lowest BCUT2D eigenvalue weighted by Gasteiger charge is -2.27. The molecule has 1 N–H and O–H groups in total. The number of nitrogens with zero attached hydrogens (tertiary/aromatic N) is 1. The van der Waals surface area contributed by atoms with Crippen molar-refractivity contribution in [3.05, 3.63) is 47.9 Å². The molecule has 0 bridgehead atoms. The summed E-state index contributed by atoms with van der Waals surface area (Å²) in [5.74, 6) is 0.968. The van der Waals surface area contributed by atoms with Crippen molar-refractivity contribution in [1.29, 1.82) is 0 Å². The summed E-state index contributed by atoms with van der Waals surface area (Å²) >= 11 is 0. The molecule has 4 rings (SSSR count). The molecule has 20 heavy (non-hydrogen) atoms. The van der Waals surface area contributed by atoms with Crippen molar-refractivity contribution in [2.24, 2.45) is 4.99 Å². The van der Waals surface area contributed by atoms with Crippen LogP contribution in [0.3, 0.4) is 0 Å². The fourth-order valence-electron chi connectivity index (χ4n) is 3.00. The Labute approximate surface area is 117 Å². The number of aliphatic imine (C=N–C) groups is 1. The molecule has 3 heterocycles. The topological polar surface area (TPSA) is 46.8 Å². The third kappa shape index (κ3) is 1.84. The van der Waals surface area contributed by atoms with E-state index in [1.807, 2.05) is 6.07 Å². The zero-order valence-electron chi connectivity index (χ0n) is 11.1. The zero-order chi connectivity index (χ0) is 13.4. The van der Waals surface area contributed by atoms with Gasteiger partial charge in [-0.15, -0.1) is 0 Å². The average molecular weight is 268 g/mol. The van der Waals surface area contributed by atoms with Crippen molar-refractivity contribution >= 4 is 5.84 Å². The molecule has 1 unspecified atom stereocenters. The molecule has 0 radical (unpaired) electrons. The summed E-state index contributed by atoms with van der Waals surface area (Å²) in [6.45, 7) is 2.48. The number of rotatable bonds is 2. The molecule has 2 aromatic rings. The van der Waals surface area contributed by atoms with Gasteiger partial charge in [0.15, 0.2) is 0 Å². The number of furan rings is 1. The Hall–Kier alpha value is -2.07. The lowest BCUT2D eigenvalue weighted by atomic mass is 9.90. The molecule has 1 atom stereocenters.